The number of alkyl carbamates (subject to hydrolysis) is 1. The molecule has 0 heterocycles. The Bertz CT molecular complexity index is 553. The molecule has 1 rings (SSSR count). The van der Waals surface area contributed by atoms with Crippen LogP contribution in [-0.2, 0) is 4.74 Å². The highest BCUT2D eigenvalue weighted by atomic mass is 16.6. The first-order valence-electron chi connectivity index (χ1n) is 9.23. The summed E-state index contributed by atoms with van der Waals surface area (Å²) in [5.41, 5.74) is 0.521. The molecule has 0 spiro atoms. The summed E-state index contributed by atoms with van der Waals surface area (Å²) in [5.74, 6) is -0.137. The van der Waals surface area contributed by atoms with Crippen LogP contribution in [0.25, 0.3) is 0 Å². The van der Waals surface area contributed by atoms with Gasteiger partial charge in [0, 0.05) is 11.1 Å². The van der Waals surface area contributed by atoms with Crippen molar-refractivity contribution in [2.75, 3.05) is 6.61 Å². The van der Waals surface area contributed by atoms with E-state index in [1.165, 1.54) is 13.8 Å². The maximum absolute atomic E-state index is 11.1. The highest BCUT2D eigenvalue weighted by Crippen LogP contribution is 2.09. The van der Waals surface area contributed by atoms with Crippen LogP contribution in [0.15, 0.2) is 24.3 Å². The van der Waals surface area contributed by atoms with Gasteiger partial charge in [-0.2, -0.15) is 0 Å². The number of hydrogen-bond donors (Lipinski definition) is 2. The van der Waals surface area contributed by atoms with Gasteiger partial charge in [-0.3, -0.25) is 9.59 Å². The van der Waals surface area contributed by atoms with E-state index in [1.54, 1.807) is 45.0 Å². The van der Waals surface area contributed by atoms with E-state index in [4.69, 9.17) is 9.84 Å². The van der Waals surface area contributed by atoms with Crippen LogP contribution in [0.1, 0.15) is 82.5 Å². The number of ether oxygens (including phenoxy) is 1. The average molecular weight is 382 g/mol. The summed E-state index contributed by atoms with van der Waals surface area (Å²) in [6.07, 6.45) is 0.212. The summed E-state index contributed by atoms with van der Waals surface area (Å²) in [7, 11) is 0. The van der Waals surface area contributed by atoms with Gasteiger partial charge in [-0.25, -0.2) is 4.79 Å². The molecule has 1 unspecified atom stereocenters. The van der Waals surface area contributed by atoms with Gasteiger partial charge in [-0.15, -0.1) is 0 Å². The van der Waals surface area contributed by atoms with E-state index in [0.717, 1.165) is 0 Å². The van der Waals surface area contributed by atoms with Crippen LogP contribution in [0.3, 0.4) is 0 Å². The molecule has 1 aromatic carbocycles. The lowest BCUT2D eigenvalue weighted by molar-refractivity contribution is 0.0481. The van der Waals surface area contributed by atoms with Crippen molar-refractivity contribution in [3.05, 3.63) is 35.4 Å². The van der Waals surface area contributed by atoms with Gasteiger partial charge in [0.05, 0.1) is 12.6 Å². The van der Waals surface area contributed by atoms with Crippen molar-refractivity contribution in [2.45, 2.75) is 73.5 Å². The SMILES string of the molecule is CC.CC(=O)c1ccccc1C(C)=O.CCC(CO)NC(=O)OC(C)(C)C. The number of hydrogen-bond acceptors (Lipinski definition) is 5. The number of amides is 1. The van der Waals surface area contributed by atoms with Crippen molar-refractivity contribution in [1.29, 1.82) is 0 Å². The highest BCUT2D eigenvalue weighted by molar-refractivity contribution is 6.07. The van der Waals surface area contributed by atoms with Crippen molar-refractivity contribution >= 4 is 17.7 Å². The number of rotatable bonds is 5. The number of ketones is 2. The standard InChI is InChI=1S/C10H10O2.C9H19NO3.C2H6/c1-7(11)9-5-3-4-6-10(9)8(2)12;1-5-7(6-11)10-8(12)13-9(2,3)4;1-2/h3-6H,1-2H3;7,11H,5-6H2,1-4H3,(H,10,12);1-2H3. The fraction of sp³-hybridized carbons (Fsp3) is 0.571. The van der Waals surface area contributed by atoms with Gasteiger partial charge in [0.2, 0.25) is 0 Å². The Kier molecular flexibility index (Phi) is 13.9. The van der Waals surface area contributed by atoms with Gasteiger partial charge < -0.3 is 15.2 Å². The van der Waals surface area contributed by atoms with Crippen molar-refractivity contribution in [2.24, 2.45) is 0 Å². The summed E-state index contributed by atoms with van der Waals surface area (Å²) in [6.45, 7) is 14.1. The average Bonchev–Trinajstić information content (AvgIpc) is 2.60. The summed E-state index contributed by atoms with van der Waals surface area (Å²) in [6, 6.07) is 6.62. The molecule has 0 saturated carbocycles. The number of aliphatic hydroxyl groups is 1. The molecule has 0 aliphatic heterocycles. The Morgan fingerprint density at radius 3 is 1.70 bits per heavy atom. The third-order valence-corrected chi connectivity index (χ3v) is 3.12. The molecule has 1 amide bonds. The maximum Gasteiger partial charge on any atom is 0.407 e. The lowest BCUT2D eigenvalue weighted by Crippen LogP contribution is -2.40. The summed E-state index contributed by atoms with van der Waals surface area (Å²) in [5, 5.41) is 11.4. The summed E-state index contributed by atoms with van der Waals surface area (Å²) < 4.78 is 5.01. The molecule has 2 N–H and O–H groups in total. The van der Waals surface area contributed by atoms with Crippen LogP contribution in [0.4, 0.5) is 4.79 Å². The molecule has 0 aliphatic carbocycles. The first-order valence-corrected chi connectivity index (χ1v) is 9.23. The van der Waals surface area contributed by atoms with Gasteiger partial charge in [0.25, 0.3) is 0 Å². The molecule has 0 fully saturated rings. The van der Waals surface area contributed by atoms with Gasteiger partial charge in [-0.05, 0) is 41.0 Å². The minimum atomic E-state index is -0.488. The first kappa shape index (κ1) is 27.0. The molecule has 154 valence electrons. The normalized spacial score (nSPS) is 11.0. The highest BCUT2D eigenvalue weighted by Gasteiger charge is 2.18. The molecule has 0 saturated heterocycles. The summed E-state index contributed by atoms with van der Waals surface area (Å²) >= 11 is 0. The van der Waals surface area contributed by atoms with E-state index in [9.17, 15) is 14.4 Å². The summed E-state index contributed by atoms with van der Waals surface area (Å²) in [4.78, 5) is 33.2. The number of carbonyl (C=O) groups is 3. The zero-order valence-corrected chi connectivity index (χ0v) is 17.9. The monoisotopic (exact) mass is 381 g/mol. The van der Waals surface area contributed by atoms with Gasteiger partial charge in [-0.1, -0.05) is 45.0 Å². The number of carbonyl (C=O) groups excluding carboxylic acids is 3. The Hall–Kier alpha value is -2.21. The van der Waals surface area contributed by atoms with Gasteiger partial charge >= 0.3 is 6.09 Å². The Labute approximate surface area is 163 Å². The minimum absolute atomic E-state index is 0.0598. The van der Waals surface area contributed by atoms with Crippen molar-refractivity contribution < 1.29 is 24.2 Å². The molecule has 0 radical (unpaired) electrons. The predicted molar refractivity (Wildman–Crippen MR) is 108 cm³/mol. The number of aliphatic hydroxyl groups excluding tert-OH is 1. The Morgan fingerprint density at radius 2 is 1.44 bits per heavy atom. The zero-order chi connectivity index (χ0) is 21.6. The number of nitrogens with one attached hydrogen (secondary N) is 1. The lowest BCUT2D eigenvalue weighted by atomic mass is 10.0. The molecule has 0 aromatic heterocycles. The van der Waals surface area contributed by atoms with Crippen LogP contribution in [0, 0.1) is 0 Å². The number of Topliss-reactive ketones (excluding diaryl/α,β-unsaturated/α-hetero) is 2. The van der Waals surface area contributed by atoms with Crippen molar-refractivity contribution in [1.82, 2.24) is 5.32 Å². The zero-order valence-electron chi connectivity index (χ0n) is 17.9. The molecule has 0 aliphatic rings. The molecular weight excluding hydrogens is 346 g/mol. The van der Waals surface area contributed by atoms with Crippen LogP contribution < -0.4 is 5.32 Å². The molecule has 0 bridgehead atoms. The first-order chi connectivity index (χ1) is 12.5. The minimum Gasteiger partial charge on any atom is -0.444 e. The number of benzene rings is 1. The fourth-order valence-corrected chi connectivity index (χ4v) is 1.85. The van der Waals surface area contributed by atoms with E-state index >= 15 is 0 Å². The van der Waals surface area contributed by atoms with Gasteiger partial charge in [0.1, 0.15) is 5.60 Å². The molecular formula is C21H35NO5. The van der Waals surface area contributed by atoms with Gasteiger partial charge in [0.15, 0.2) is 11.6 Å². The molecule has 6 nitrogen and oxygen atoms in total. The third kappa shape index (κ3) is 12.7. The second-order valence-electron chi connectivity index (χ2n) is 6.59. The van der Waals surface area contributed by atoms with Crippen LogP contribution in [0.5, 0.6) is 0 Å². The third-order valence-electron chi connectivity index (χ3n) is 3.12. The van der Waals surface area contributed by atoms with E-state index in [2.05, 4.69) is 5.32 Å². The smallest absolute Gasteiger partial charge is 0.407 e. The molecule has 27 heavy (non-hydrogen) atoms. The second kappa shape index (κ2) is 13.9. The Balaban J connectivity index is 0. The topological polar surface area (TPSA) is 92.7 Å². The van der Waals surface area contributed by atoms with Crippen LogP contribution in [0.2, 0.25) is 0 Å². The maximum atomic E-state index is 11.1. The lowest BCUT2D eigenvalue weighted by Gasteiger charge is -2.22. The fourth-order valence-electron chi connectivity index (χ4n) is 1.85. The second-order valence-corrected chi connectivity index (χ2v) is 6.59. The van der Waals surface area contributed by atoms with Crippen LogP contribution >= 0.6 is 0 Å². The molecule has 1 atom stereocenters. The Morgan fingerprint density at radius 1 is 1.04 bits per heavy atom. The van der Waals surface area contributed by atoms with Crippen molar-refractivity contribution in [3.8, 4) is 0 Å². The molecule has 6 heteroatoms. The predicted octanol–water partition coefficient (Wildman–Crippen LogP) is 4.40. The van der Waals surface area contributed by atoms with Crippen molar-refractivity contribution in [3.63, 3.8) is 0 Å². The van der Waals surface area contributed by atoms with Crippen LogP contribution in [-0.4, -0.2) is 41.0 Å². The van der Waals surface area contributed by atoms with E-state index < -0.39 is 11.7 Å². The van der Waals surface area contributed by atoms with E-state index in [-0.39, 0.29) is 24.2 Å². The van der Waals surface area contributed by atoms with E-state index in [0.29, 0.717) is 17.5 Å². The largest absolute Gasteiger partial charge is 0.444 e. The quantitative estimate of drug-likeness (QED) is 0.738. The van der Waals surface area contributed by atoms with E-state index in [1.807, 2.05) is 20.8 Å². The molecule has 1 aromatic rings.